The van der Waals surface area contributed by atoms with Gasteiger partial charge in [-0.15, -0.1) is 0 Å². The SMILES string of the molecule is Cc1ccc2c(c1N)C(=O)CC(C)(C)O2. The van der Waals surface area contributed by atoms with Gasteiger partial charge in [0, 0.05) is 5.69 Å². The predicted molar refractivity (Wildman–Crippen MR) is 59.2 cm³/mol. The van der Waals surface area contributed by atoms with Crippen molar-refractivity contribution in [3.63, 3.8) is 0 Å². The summed E-state index contributed by atoms with van der Waals surface area (Å²) in [6.45, 7) is 5.70. The third-order valence-corrected chi connectivity index (χ3v) is 2.68. The number of anilines is 1. The van der Waals surface area contributed by atoms with E-state index >= 15 is 0 Å². The summed E-state index contributed by atoms with van der Waals surface area (Å²) >= 11 is 0. The van der Waals surface area contributed by atoms with Gasteiger partial charge in [0.1, 0.15) is 11.4 Å². The molecule has 0 bridgehead atoms. The molecule has 80 valence electrons. The fourth-order valence-corrected chi connectivity index (χ4v) is 1.89. The Morgan fingerprint density at radius 3 is 2.73 bits per heavy atom. The van der Waals surface area contributed by atoms with Crippen molar-refractivity contribution >= 4 is 11.5 Å². The number of benzene rings is 1. The maximum Gasteiger partial charge on any atom is 0.172 e. The van der Waals surface area contributed by atoms with Gasteiger partial charge in [-0.05, 0) is 32.4 Å². The number of hydrogen-bond acceptors (Lipinski definition) is 3. The van der Waals surface area contributed by atoms with Crippen LogP contribution in [0.5, 0.6) is 5.75 Å². The van der Waals surface area contributed by atoms with Gasteiger partial charge in [-0.2, -0.15) is 0 Å². The van der Waals surface area contributed by atoms with Crippen molar-refractivity contribution in [1.82, 2.24) is 0 Å². The molecule has 2 N–H and O–H groups in total. The van der Waals surface area contributed by atoms with Gasteiger partial charge in [0.25, 0.3) is 0 Å². The fourth-order valence-electron chi connectivity index (χ4n) is 1.89. The van der Waals surface area contributed by atoms with E-state index in [1.807, 2.05) is 32.9 Å². The molecule has 0 saturated carbocycles. The lowest BCUT2D eigenvalue weighted by Gasteiger charge is -2.32. The molecule has 1 heterocycles. The summed E-state index contributed by atoms with van der Waals surface area (Å²) in [7, 11) is 0. The highest BCUT2D eigenvalue weighted by Gasteiger charge is 2.33. The molecule has 1 aromatic rings. The Balaban J connectivity index is 2.60. The zero-order valence-corrected chi connectivity index (χ0v) is 9.26. The van der Waals surface area contributed by atoms with Crippen molar-refractivity contribution in [2.24, 2.45) is 0 Å². The highest BCUT2D eigenvalue weighted by molar-refractivity contribution is 6.05. The van der Waals surface area contributed by atoms with Gasteiger partial charge in [0.15, 0.2) is 5.78 Å². The molecule has 0 aliphatic carbocycles. The van der Waals surface area contributed by atoms with Crippen molar-refractivity contribution in [2.45, 2.75) is 32.8 Å². The second kappa shape index (κ2) is 2.99. The summed E-state index contributed by atoms with van der Waals surface area (Å²) in [6.07, 6.45) is 0.383. The van der Waals surface area contributed by atoms with Crippen molar-refractivity contribution in [3.05, 3.63) is 23.3 Å². The van der Waals surface area contributed by atoms with Gasteiger partial charge in [0.2, 0.25) is 0 Å². The number of Topliss-reactive ketones (excluding diaryl/α,β-unsaturated/α-hetero) is 1. The van der Waals surface area contributed by atoms with Crippen LogP contribution in [0.1, 0.15) is 36.2 Å². The zero-order valence-electron chi connectivity index (χ0n) is 9.26. The number of hydrogen-bond donors (Lipinski definition) is 1. The van der Waals surface area contributed by atoms with Crippen LogP contribution in [-0.2, 0) is 0 Å². The van der Waals surface area contributed by atoms with Crippen LogP contribution in [0.2, 0.25) is 0 Å². The van der Waals surface area contributed by atoms with Gasteiger partial charge >= 0.3 is 0 Å². The van der Waals surface area contributed by atoms with Crippen molar-refractivity contribution < 1.29 is 9.53 Å². The molecule has 0 spiro atoms. The summed E-state index contributed by atoms with van der Waals surface area (Å²) in [5, 5.41) is 0. The number of ketones is 1. The Bertz CT molecular complexity index is 435. The minimum atomic E-state index is -0.425. The van der Waals surface area contributed by atoms with Crippen LogP contribution in [0.3, 0.4) is 0 Å². The fraction of sp³-hybridized carbons (Fsp3) is 0.417. The van der Waals surface area contributed by atoms with Gasteiger partial charge in [-0.3, -0.25) is 4.79 Å². The number of rotatable bonds is 0. The molecule has 1 aromatic carbocycles. The summed E-state index contributed by atoms with van der Waals surface area (Å²) in [5.74, 6) is 0.682. The largest absolute Gasteiger partial charge is 0.487 e. The molecule has 0 fully saturated rings. The van der Waals surface area contributed by atoms with Crippen molar-refractivity contribution in [3.8, 4) is 5.75 Å². The number of fused-ring (bicyclic) bond motifs is 1. The first-order chi connectivity index (χ1) is 6.91. The Hall–Kier alpha value is -1.51. The van der Waals surface area contributed by atoms with Crippen LogP contribution in [-0.4, -0.2) is 11.4 Å². The van der Waals surface area contributed by atoms with Crippen LogP contribution in [0, 0.1) is 6.92 Å². The molecule has 0 unspecified atom stereocenters. The second-order valence-corrected chi connectivity index (χ2v) is 4.63. The minimum Gasteiger partial charge on any atom is -0.487 e. The molecular weight excluding hydrogens is 190 g/mol. The van der Waals surface area contributed by atoms with E-state index in [1.165, 1.54) is 0 Å². The first-order valence-corrected chi connectivity index (χ1v) is 5.02. The van der Waals surface area contributed by atoms with Crippen LogP contribution < -0.4 is 10.5 Å². The van der Waals surface area contributed by atoms with Gasteiger partial charge in [-0.1, -0.05) is 6.07 Å². The number of nitrogens with two attached hydrogens (primary N) is 1. The topological polar surface area (TPSA) is 52.3 Å². The lowest BCUT2D eigenvalue weighted by molar-refractivity contribution is 0.0622. The third-order valence-electron chi connectivity index (χ3n) is 2.68. The number of ether oxygens (including phenoxy) is 1. The highest BCUT2D eigenvalue weighted by atomic mass is 16.5. The Morgan fingerprint density at radius 1 is 1.40 bits per heavy atom. The summed E-state index contributed by atoms with van der Waals surface area (Å²) in [4.78, 5) is 11.9. The van der Waals surface area contributed by atoms with Gasteiger partial charge in [-0.25, -0.2) is 0 Å². The lowest BCUT2D eigenvalue weighted by atomic mass is 9.91. The van der Waals surface area contributed by atoms with E-state index in [1.54, 1.807) is 0 Å². The molecule has 1 aliphatic rings. The Labute approximate surface area is 89.2 Å². The maximum atomic E-state index is 11.9. The number of carbonyl (C=O) groups excluding carboxylic acids is 1. The number of carbonyl (C=O) groups is 1. The molecule has 1 aliphatic heterocycles. The Kier molecular flexibility index (Phi) is 2.00. The van der Waals surface area contributed by atoms with Gasteiger partial charge in [0.05, 0.1) is 12.0 Å². The second-order valence-electron chi connectivity index (χ2n) is 4.63. The molecule has 3 heteroatoms. The van der Waals surface area contributed by atoms with Crippen LogP contribution >= 0.6 is 0 Å². The van der Waals surface area contributed by atoms with Crippen molar-refractivity contribution in [1.29, 1.82) is 0 Å². The molecule has 0 amide bonds. The average Bonchev–Trinajstić information content (AvgIpc) is 2.09. The molecule has 2 rings (SSSR count). The molecule has 0 radical (unpaired) electrons. The number of aryl methyl sites for hydroxylation is 1. The number of nitrogen functional groups attached to an aromatic ring is 1. The van der Waals surface area contributed by atoms with E-state index in [0.29, 0.717) is 23.4 Å². The monoisotopic (exact) mass is 205 g/mol. The standard InChI is InChI=1S/C12H15NO2/c1-7-4-5-9-10(11(7)13)8(14)6-12(2,3)15-9/h4-5H,6,13H2,1-3H3. The summed E-state index contributed by atoms with van der Waals surface area (Å²) < 4.78 is 5.72. The highest BCUT2D eigenvalue weighted by Crippen LogP contribution is 2.37. The average molecular weight is 205 g/mol. The van der Waals surface area contributed by atoms with E-state index < -0.39 is 5.60 Å². The minimum absolute atomic E-state index is 0.0717. The Morgan fingerprint density at radius 2 is 2.07 bits per heavy atom. The quantitative estimate of drug-likeness (QED) is 0.661. The maximum absolute atomic E-state index is 11.9. The third kappa shape index (κ3) is 1.58. The zero-order chi connectivity index (χ0) is 11.2. The van der Waals surface area contributed by atoms with Crippen molar-refractivity contribution in [2.75, 3.05) is 5.73 Å². The van der Waals surface area contributed by atoms with Crippen LogP contribution in [0.4, 0.5) is 5.69 Å². The first kappa shape index (κ1) is 10.0. The molecular formula is C12H15NO2. The normalized spacial score (nSPS) is 18.2. The summed E-state index contributed by atoms with van der Waals surface area (Å²) in [6, 6.07) is 3.70. The van der Waals surface area contributed by atoms with Gasteiger partial charge < -0.3 is 10.5 Å². The van der Waals surface area contributed by atoms with Crippen LogP contribution in [0.25, 0.3) is 0 Å². The molecule has 3 nitrogen and oxygen atoms in total. The van der Waals surface area contributed by atoms with E-state index in [-0.39, 0.29) is 5.78 Å². The molecule has 0 aromatic heterocycles. The summed E-state index contributed by atoms with van der Waals surface area (Å²) in [5.41, 5.74) is 7.48. The van der Waals surface area contributed by atoms with E-state index in [2.05, 4.69) is 0 Å². The smallest absolute Gasteiger partial charge is 0.172 e. The van der Waals surface area contributed by atoms with E-state index in [0.717, 1.165) is 5.56 Å². The van der Waals surface area contributed by atoms with Crippen LogP contribution in [0.15, 0.2) is 12.1 Å². The van der Waals surface area contributed by atoms with E-state index in [4.69, 9.17) is 10.5 Å². The molecule has 15 heavy (non-hydrogen) atoms. The lowest BCUT2D eigenvalue weighted by Crippen LogP contribution is -2.36. The molecule has 0 saturated heterocycles. The van der Waals surface area contributed by atoms with E-state index in [9.17, 15) is 4.79 Å². The first-order valence-electron chi connectivity index (χ1n) is 5.02. The predicted octanol–water partition coefficient (Wildman–Crippen LogP) is 2.32. The molecule has 0 atom stereocenters.